The van der Waals surface area contributed by atoms with Crippen LogP contribution in [-0.2, 0) is 0 Å². The van der Waals surface area contributed by atoms with Gasteiger partial charge in [-0.1, -0.05) is 72.8 Å². The van der Waals surface area contributed by atoms with Crippen molar-refractivity contribution in [1.82, 2.24) is 0 Å². The van der Waals surface area contributed by atoms with E-state index in [9.17, 15) is 5.11 Å². The molecule has 6 aromatic carbocycles. The van der Waals surface area contributed by atoms with Crippen LogP contribution in [0.1, 0.15) is 0 Å². The SMILES string of the molecule is OCCOc1ccc2cc3ccccc3cc2c1-c1cccc2cc3ccccc3cc12. The molecule has 2 nitrogen and oxygen atoms in total. The number of aliphatic hydroxyl groups is 1. The Morgan fingerprint density at radius 3 is 1.75 bits per heavy atom. The van der Waals surface area contributed by atoms with Crippen molar-refractivity contribution in [3.8, 4) is 16.9 Å². The first-order valence-electron chi connectivity index (χ1n) is 10.9. The van der Waals surface area contributed by atoms with Crippen LogP contribution in [0.2, 0.25) is 0 Å². The third-order valence-corrected chi connectivity index (χ3v) is 6.21. The van der Waals surface area contributed by atoms with Crippen LogP contribution in [0.15, 0.2) is 103 Å². The number of aliphatic hydroxyl groups excluding tert-OH is 1. The number of rotatable bonds is 4. The zero-order valence-corrected chi connectivity index (χ0v) is 17.6. The van der Waals surface area contributed by atoms with Gasteiger partial charge in [-0.05, 0) is 79.0 Å². The van der Waals surface area contributed by atoms with E-state index < -0.39 is 0 Å². The Kier molecular flexibility index (Phi) is 4.52. The zero-order valence-electron chi connectivity index (χ0n) is 17.6. The van der Waals surface area contributed by atoms with Gasteiger partial charge in [-0.15, -0.1) is 0 Å². The molecule has 0 spiro atoms. The van der Waals surface area contributed by atoms with Gasteiger partial charge in [-0.25, -0.2) is 0 Å². The first-order valence-corrected chi connectivity index (χ1v) is 10.9. The van der Waals surface area contributed by atoms with Crippen LogP contribution in [0, 0.1) is 0 Å². The van der Waals surface area contributed by atoms with Gasteiger partial charge in [0, 0.05) is 5.56 Å². The topological polar surface area (TPSA) is 29.5 Å². The molecule has 0 aromatic heterocycles. The molecule has 2 heteroatoms. The van der Waals surface area contributed by atoms with E-state index in [-0.39, 0.29) is 13.2 Å². The predicted octanol–water partition coefficient (Wildman–Crippen LogP) is 7.34. The molecule has 0 aliphatic heterocycles. The summed E-state index contributed by atoms with van der Waals surface area (Å²) in [6, 6.07) is 36.5. The molecule has 1 N–H and O–H groups in total. The van der Waals surface area contributed by atoms with Crippen molar-refractivity contribution in [1.29, 1.82) is 0 Å². The molecule has 0 aliphatic carbocycles. The molecule has 0 aliphatic rings. The molecule has 0 bridgehead atoms. The number of ether oxygens (including phenoxy) is 1. The van der Waals surface area contributed by atoms with Crippen LogP contribution < -0.4 is 4.74 Å². The van der Waals surface area contributed by atoms with Gasteiger partial charge in [0.15, 0.2) is 0 Å². The lowest BCUT2D eigenvalue weighted by Crippen LogP contribution is -2.03. The summed E-state index contributed by atoms with van der Waals surface area (Å²) < 4.78 is 6.05. The van der Waals surface area contributed by atoms with Crippen LogP contribution >= 0.6 is 0 Å². The average molecular weight is 415 g/mol. The first kappa shape index (κ1) is 18.9. The summed E-state index contributed by atoms with van der Waals surface area (Å²) >= 11 is 0. The van der Waals surface area contributed by atoms with Crippen molar-refractivity contribution in [2.24, 2.45) is 0 Å². The third kappa shape index (κ3) is 3.08. The van der Waals surface area contributed by atoms with E-state index in [2.05, 4.69) is 97.1 Å². The van der Waals surface area contributed by atoms with E-state index in [0.717, 1.165) is 22.3 Å². The van der Waals surface area contributed by atoms with Gasteiger partial charge >= 0.3 is 0 Å². The molecule has 32 heavy (non-hydrogen) atoms. The van der Waals surface area contributed by atoms with Crippen LogP contribution in [0.25, 0.3) is 54.2 Å². The maximum atomic E-state index is 9.41. The quantitative estimate of drug-likeness (QED) is 0.306. The van der Waals surface area contributed by atoms with E-state index in [1.165, 1.54) is 37.7 Å². The Morgan fingerprint density at radius 1 is 0.531 bits per heavy atom. The van der Waals surface area contributed by atoms with Gasteiger partial charge in [-0.3, -0.25) is 0 Å². The maximum absolute atomic E-state index is 9.41. The van der Waals surface area contributed by atoms with E-state index >= 15 is 0 Å². The van der Waals surface area contributed by atoms with Crippen LogP contribution in [0.4, 0.5) is 0 Å². The highest BCUT2D eigenvalue weighted by molar-refractivity contribution is 6.13. The van der Waals surface area contributed by atoms with E-state index in [0.29, 0.717) is 0 Å². The molecule has 0 fully saturated rings. The van der Waals surface area contributed by atoms with Crippen molar-refractivity contribution >= 4 is 43.1 Å². The molecule has 6 aromatic rings. The van der Waals surface area contributed by atoms with Crippen LogP contribution in [0.5, 0.6) is 5.75 Å². The van der Waals surface area contributed by atoms with Crippen molar-refractivity contribution < 1.29 is 9.84 Å². The normalized spacial score (nSPS) is 11.5. The third-order valence-electron chi connectivity index (χ3n) is 6.21. The Labute approximate surface area is 186 Å². The van der Waals surface area contributed by atoms with Gasteiger partial charge in [0.05, 0.1) is 6.61 Å². The lowest BCUT2D eigenvalue weighted by atomic mass is 9.90. The highest BCUT2D eigenvalue weighted by atomic mass is 16.5. The van der Waals surface area contributed by atoms with Crippen LogP contribution in [0.3, 0.4) is 0 Å². The number of hydrogen-bond donors (Lipinski definition) is 1. The molecule has 0 saturated carbocycles. The summed E-state index contributed by atoms with van der Waals surface area (Å²) in [6.07, 6.45) is 0. The zero-order chi connectivity index (χ0) is 21.5. The fourth-order valence-corrected chi connectivity index (χ4v) is 4.73. The second-order valence-corrected chi connectivity index (χ2v) is 8.16. The minimum atomic E-state index is -0.0185. The molecule has 0 heterocycles. The minimum absolute atomic E-state index is 0.0185. The van der Waals surface area contributed by atoms with Gasteiger partial charge in [0.1, 0.15) is 12.4 Å². The van der Waals surface area contributed by atoms with Crippen LogP contribution in [-0.4, -0.2) is 18.3 Å². The Balaban J connectivity index is 1.72. The molecule has 0 amide bonds. The van der Waals surface area contributed by atoms with Gasteiger partial charge in [0.2, 0.25) is 0 Å². The number of fused-ring (bicyclic) bond motifs is 4. The Bertz CT molecular complexity index is 1610. The smallest absolute Gasteiger partial charge is 0.127 e. The van der Waals surface area contributed by atoms with E-state index in [4.69, 9.17) is 4.74 Å². The number of benzene rings is 6. The molecule has 154 valence electrons. The molecular weight excluding hydrogens is 392 g/mol. The highest BCUT2D eigenvalue weighted by Gasteiger charge is 2.15. The Hall–Kier alpha value is -3.88. The van der Waals surface area contributed by atoms with Gasteiger partial charge in [0.25, 0.3) is 0 Å². The molecule has 0 atom stereocenters. The summed E-state index contributed by atoms with van der Waals surface area (Å²) in [5.74, 6) is 0.794. The van der Waals surface area contributed by atoms with Crippen molar-refractivity contribution in [3.05, 3.63) is 103 Å². The fraction of sp³-hybridized carbons (Fsp3) is 0.0667. The summed E-state index contributed by atoms with van der Waals surface area (Å²) in [6.45, 7) is 0.245. The standard InChI is InChI=1S/C30H22O2/c31-14-15-32-29-13-12-25-17-21-7-2-4-9-23(21)19-28(25)30(29)26-11-5-10-24-16-20-6-1-3-8-22(20)18-27(24)26/h1-13,16-19,31H,14-15H2. The number of hydrogen-bond acceptors (Lipinski definition) is 2. The summed E-state index contributed by atoms with van der Waals surface area (Å²) in [4.78, 5) is 0. The summed E-state index contributed by atoms with van der Waals surface area (Å²) in [7, 11) is 0. The van der Waals surface area contributed by atoms with E-state index in [1.54, 1.807) is 0 Å². The predicted molar refractivity (Wildman–Crippen MR) is 134 cm³/mol. The molecule has 0 radical (unpaired) electrons. The van der Waals surface area contributed by atoms with Crippen molar-refractivity contribution in [2.45, 2.75) is 0 Å². The average Bonchev–Trinajstić information content (AvgIpc) is 2.84. The Morgan fingerprint density at radius 2 is 1.09 bits per heavy atom. The summed E-state index contributed by atoms with van der Waals surface area (Å²) in [5, 5.41) is 19.0. The van der Waals surface area contributed by atoms with Crippen molar-refractivity contribution in [3.63, 3.8) is 0 Å². The highest BCUT2D eigenvalue weighted by Crippen LogP contribution is 2.42. The second-order valence-electron chi connectivity index (χ2n) is 8.16. The van der Waals surface area contributed by atoms with Gasteiger partial charge in [-0.2, -0.15) is 0 Å². The van der Waals surface area contributed by atoms with Crippen molar-refractivity contribution in [2.75, 3.05) is 13.2 Å². The lowest BCUT2D eigenvalue weighted by molar-refractivity contribution is 0.202. The largest absolute Gasteiger partial charge is 0.491 e. The minimum Gasteiger partial charge on any atom is -0.491 e. The summed E-state index contributed by atoms with van der Waals surface area (Å²) in [5.41, 5.74) is 2.21. The monoisotopic (exact) mass is 414 g/mol. The molecule has 0 saturated heterocycles. The second kappa shape index (κ2) is 7.67. The lowest BCUT2D eigenvalue weighted by Gasteiger charge is -2.17. The van der Waals surface area contributed by atoms with Gasteiger partial charge < -0.3 is 9.84 Å². The molecule has 0 unspecified atom stereocenters. The fourth-order valence-electron chi connectivity index (χ4n) is 4.73. The van der Waals surface area contributed by atoms with E-state index in [1.807, 2.05) is 6.07 Å². The molecule has 6 rings (SSSR count). The maximum Gasteiger partial charge on any atom is 0.127 e. The first-order chi connectivity index (χ1) is 15.8. The molecular formula is C30H22O2.